The number of carbonyl (C=O) groups excluding carboxylic acids is 4. The van der Waals surface area contributed by atoms with Crippen molar-refractivity contribution in [3.05, 3.63) is 88.9 Å². The second kappa shape index (κ2) is 15.8. The lowest BCUT2D eigenvalue weighted by Crippen LogP contribution is -2.53. The van der Waals surface area contributed by atoms with E-state index in [0.717, 1.165) is 43.2 Å². The molecular weight excluding hydrogens is 763 g/mol. The number of aliphatic hydroxyl groups is 1. The van der Waals surface area contributed by atoms with E-state index in [1.165, 1.54) is 10.7 Å². The van der Waals surface area contributed by atoms with Crippen molar-refractivity contribution in [2.24, 2.45) is 0 Å². The number of imide groups is 1. The van der Waals surface area contributed by atoms with Gasteiger partial charge in [0.25, 0.3) is 5.91 Å². The van der Waals surface area contributed by atoms with E-state index in [4.69, 9.17) is 5.10 Å². The summed E-state index contributed by atoms with van der Waals surface area (Å²) in [4.78, 5) is 54.4. The highest BCUT2D eigenvalue weighted by Gasteiger charge is 2.34. The van der Waals surface area contributed by atoms with Crippen molar-refractivity contribution >= 4 is 51.4 Å². The first-order valence-electron chi connectivity index (χ1n) is 19.8. The third kappa shape index (κ3) is 8.10. The van der Waals surface area contributed by atoms with Crippen molar-refractivity contribution in [3.8, 4) is 6.07 Å². The van der Waals surface area contributed by atoms with Gasteiger partial charge in [0.1, 0.15) is 23.4 Å². The van der Waals surface area contributed by atoms with Crippen LogP contribution >= 0.6 is 0 Å². The van der Waals surface area contributed by atoms with Crippen LogP contribution < -0.4 is 16.0 Å². The van der Waals surface area contributed by atoms with Crippen LogP contribution in [0, 0.1) is 23.0 Å². The van der Waals surface area contributed by atoms with Crippen molar-refractivity contribution in [2.45, 2.75) is 76.0 Å². The first-order valence-corrected chi connectivity index (χ1v) is 19.8. The van der Waals surface area contributed by atoms with Gasteiger partial charge in [0.15, 0.2) is 0 Å². The largest absolute Gasteiger partial charge is 0.386 e. The van der Waals surface area contributed by atoms with E-state index in [1.54, 1.807) is 36.9 Å². The van der Waals surface area contributed by atoms with Gasteiger partial charge in [-0.3, -0.25) is 34.1 Å². The van der Waals surface area contributed by atoms with Gasteiger partial charge in [-0.1, -0.05) is 0 Å². The first-order chi connectivity index (χ1) is 28.2. The number of aromatic nitrogens is 4. The fourth-order valence-electron chi connectivity index (χ4n) is 8.61. The van der Waals surface area contributed by atoms with E-state index in [-0.39, 0.29) is 48.3 Å². The first kappa shape index (κ1) is 39.6. The van der Waals surface area contributed by atoms with Crippen LogP contribution in [0.25, 0.3) is 16.4 Å². The van der Waals surface area contributed by atoms with Crippen molar-refractivity contribution < 1.29 is 33.1 Å². The molecular formula is C42H44F2N10O5. The number of fused-ring (bicyclic) bond motifs is 2. The van der Waals surface area contributed by atoms with Crippen LogP contribution in [-0.2, 0) is 20.0 Å². The smallest absolute Gasteiger partial charge is 0.274 e. The zero-order valence-corrected chi connectivity index (χ0v) is 32.7. The topological polar surface area (TPSA) is 190 Å². The summed E-state index contributed by atoms with van der Waals surface area (Å²) in [6.07, 6.45) is 7.12. The summed E-state index contributed by atoms with van der Waals surface area (Å²) in [5, 5.41) is 38.2. The molecule has 8 rings (SSSR count). The van der Waals surface area contributed by atoms with Gasteiger partial charge >= 0.3 is 0 Å². The van der Waals surface area contributed by atoms with Crippen LogP contribution in [0.3, 0.4) is 0 Å². The van der Waals surface area contributed by atoms with Crippen LogP contribution in [0.4, 0.5) is 20.2 Å². The molecule has 5 aromatic rings. The quantitative estimate of drug-likeness (QED) is 0.154. The van der Waals surface area contributed by atoms with Gasteiger partial charge < -0.3 is 20.6 Å². The number of piperidine rings is 1. The van der Waals surface area contributed by atoms with Crippen LogP contribution in [0.15, 0.2) is 54.9 Å². The zero-order valence-electron chi connectivity index (χ0n) is 32.7. The maximum atomic E-state index is 15.0. The minimum atomic E-state index is -1.28. The summed E-state index contributed by atoms with van der Waals surface area (Å²) >= 11 is 0. The predicted octanol–water partition coefficient (Wildman–Crippen LogP) is 4.57. The Kier molecular flexibility index (Phi) is 10.6. The maximum absolute atomic E-state index is 15.0. The number of benzene rings is 2. The van der Waals surface area contributed by atoms with Gasteiger partial charge in [-0.15, -0.1) is 0 Å². The van der Waals surface area contributed by atoms with Gasteiger partial charge in [-0.2, -0.15) is 15.5 Å². The highest BCUT2D eigenvalue weighted by atomic mass is 19.1. The molecule has 15 nitrogen and oxygen atoms in total. The number of halogens is 2. The fraction of sp³-hybridized carbons (Fsp3) is 0.405. The molecule has 0 radical (unpaired) electrons. The Morgan fingerprint density at radius 2 is 1.69 bits per heavy atom. The number of hydrogen-bond donors (Lipinski definition) is 4. The number of anilines is 2. The summed E-state index contributed by atoms with van der Waals surface area (Å²) in [6, 6.07) is 13.4. The molecule has 4 N–H and O–H groups in total. The van der Waals surface area contributed by atoms with Gasteiger partial charge in [-0.25, -0.2) is 13.3 Å². The molecule has 4 amide bonds. The van der Waals surface area contributed by atoms with E-state index in [9.17, 15) is 38.3 Å². The molecule has 2 saturated heterocycles. The van der Waals surface area contributed by atoms with Gasteiger partial charge in [0.05, 0.1) is 46.9 Å². The van der Waals surface area contributed by atoms with Crippen LogP contribution in [0.1, 0.15) is 91.5 Å². The molecule has 306 valence electrons. The molecule has 2 aliphatic heterocycles. The van der Waals surface area contributed by atoms with Gasteiger partial charge in [0.2, 0.25) is 17.7 Å². The van der Waals surface area contributed by atoms with Gasteiger partial charge in [0, 0.05) is 72.7 Å². The lowest BCUT2D eigenvalue weighted by Gasteiger charge is -2.42. The van der Waals surface area contributed by atoms with Crippen molar-refractivity contribution in [1.82, 2.24) is 34.5 Å². The number of amides is 4. The molecule has 5 heterocycles. The van der Waals surface area contributed by atoms with Crippen molar-refractivity contribution in [3.63, 3.8) is 0 Å². The molecule has 3 fully saturated rings. The fourth-order valence-corrected chi connectivity index (χ4v) is 8.61. The minimum absolute atomic E-state index is 0.000465. The van der Waals surface area contributed by atoms with E-state index in [0.29, 0.717) is 60.1 Å². The Balaban J connectivity index is 0.848. The number of piperazine rings is 1. The zero-order chi connectivity index (χ0) is 41.6. The molecule has 0 unspecified atom stereocenters. The number of rotatable bonds is 9. The van der Waals surface area contributed by atoms with Crippen molar-refractivity contribution in [2.75, 3.05) is 43.4 Å². The molecule has 0 spiro atoms. The van der Waals surface area contributed by atoms with Crippen LogP contribution in [-0.4, -0.2) is 96.7 Å². The maximum Gasteiger partial charge on any atom is 0.274 e. The summed E-state index contributed by atoms with van der Waals surface area (Å²) in [5.41, 5.74) is 1.39. The number of nitrogens with one attached hydrogen (secondary N) is 3. The monoisotopic (exact) mass is 806 g/mol. The number of nitrogens with zero attached hydrogens (tertiary/aromatic N) is 7. The third-order valence-electron chi connectivity index (χ3n) is 11.8. The molecule has 59 heavy (non-hydrogen) atoms. The SMILES string of the molecule is CC(C)(O)c1cc2nn(C3CCC(N4CCN(C(=O)CNc5cc(F)c([C@H]6CCC(=O)NC6=O)c(F)c5)CC4)CC3)cc2cc1NC(=O)c1ccc2cc(C#N)cnn12. The molecule has 1 aliphatic carbocycles. The Hall–Kier alpha value is -6.25. The van der Waals surface area contributed by atoms with E-state index in [1.807, 2.05) is 29.1 Å². The summed E-state index contributed by atoms with van der Waals surface area (Å²) < 4.78 is 33.4. The standard InChI is InChI=1S/C42H44F2N10O5/c1-42(2,59)31-19-34-25(16-35(31)48-41(58)36-9-7-29-15-24(20-45)21-47-54(29)36)23-53(50-34)28-5-3-27(4-6-28)51-11-13-52(14-12-51)38(56)22-46-26-17-32(43)39(33(44)18-26)30-8-10-37(55)49-40(30)57/h7,9,15-19,21,23,27-28,30,46,59H,3-6,8,10-14,22H2,1-2H3,(H,48,58)(H,49,55,57)/t27?,28?,30-/m1/s1. The van der Waals surface area contributed by atoms with E-state index >= 15 is 0 Å². The molecule has 17 heteroatoms. The molecule has 2 aromatic carbocycles. The highest BCUT2D eigenvalue weighted by Crippen LogP contribution is 2.36. The lowest BCUT2D eigenvalue weighted by atomic mass is 9.89. The summed E-state index contributed by atoms with van der Waals surface area (Å²) in [5.74, 6) is -4.71. The normalized spacial score (nSPS) is 20.4. The molecule has 1 atom stereocenters. The summed E-state index contributed by atoms with van der Waals surface area (Å²) in [7, 11) is 0. The molecule has 3 aliphatic rings. The summed E-state index contributed by atoms with van der Waals surface area (Å²) in [6.45, 7) is 5.66. The Morgan fingerprint density at radius 1 is 0.983 bits per heavy atom. The molecule has 1 saturated carbocycles. The van der Waals surface area contributed by atoms with E-state index in [2.05, 4.69) is 25.9 Å². The number of hydrogen-bond acceptors (Lipinski definition) is 10. The van der Waals surface area contributed by atoms with E-state index < -0.39 is 40.9 Å². The lowest BCUT2D eigenvalue weighted by molar-refractivity contribution is -0.134. The second-order valence-corrected chi connectivity index (χ2v) is 16.1. The second-order valence-electron chi connectivity index (χ2n) is 16.1. The Bertz CT molecular complexity index is 2500. The predicted molar refractivity (Wildman–Crippen MR) is 212 cm³/mol. The Morgan fingerprint density at radius 3 is 2.37 bits per heavy atom. The van der Waals surface area contributed by atoms with Gasteiger partial charge in [-0.05, 0) is 88.4 Å². The van der Waals surface area contributed by atoms with Crippen LogP contribution in [0.2, 0.25) is 0 Å². The minimum Gasteiger partial charge on any atom is -0.386 e. The molecule has 0 bridgehead atoms. The Labute approximate surface area is 337 Å². The molecule has 3 aromatic heterocycles. The average Bonchev–Trinajstić information content (AvgIpc) is 3.84. The average molecular weight is 807 g/mol. The number of carbonyl (C=O) groups is 4. The third-order valence-corrected chi connectivity index (χ3v) is 11.8. The highest BCUT2D eigenvalue weighted by molar-refractivity contribution is 6.05. The number of nitriles is 1. The van der Waals surface area contributed by atoms with Crippen LogP contribution in [0.5, 0.6) is 0 Å². The van der Waals surface area contributed by atoms with Crippen molar-refractivity contribution in [1.29, 1.82) is 5.26 Å².